The zero-order valence-corrected chi connectivity index (χ0v) is 15.7. The van der Waals surface area contributed by atoms with Crippen LogP contribution in [0, 0.1) is 29.6 Å². The van der Waals surface area contributed by atoms with Crippen molar-refractivity contribution in [3.8, 4) is 12.1 Å². The lowest BCUT2D eigenvalue weighted by molar-refractivity contribution is 1.20. The summed E-state index contributed by atoms with van der Waals surface area (Å²) in [5.41, 5.74) is 3.16. The molecule has 0 aliphatic rings. The molecule has 0 aliphatic carbocycles. The first-order chi connectivity index (χ1) is 10.0. The quantitative estimate of drug-likeness (QED) is 0.405. The van der Waals surface area contributed by atoms with E-state index in [0.717, 1.165) is 16.5 Å². The smallest absolute Gasteiger partial charge is 0.123 e. The molecule has 0 saturated heterocycles. The Morgan fingerprint density at radius 2 is 1.50 bits per heavy atom. The first kappa shape index (κ1) is 20.7. The van der Waals surface area contributed by atoms with E-state index in [1.54, 1.807) is 24.5 Å². The lowest BCUT2D eigenvalue weighted by atomic mass is 10.2. The Hall–Kier alpha value is -1.28. The average molecular weight is 489 g/mol. The van der Waals surface area contributed by atoms with Gasteiger partial charge in [0.05, 0.1) is 11.1 Å². The molecular formula is C15H13Br3N4. The molecular weight excluding hydrogens is 476 g/mol. The molecule has 0 radical (unpaired) electrons. The van der Waals surface area contributed by atoms with Crippen LogP contribution >= 0.6 is 47.8 Å². The Balaban J connectivity index is 0.000000385. The van der Waals surface area contributed by atoms with Gasteiger partial charge in [-0.05, 0) is 62.0 Å². The third kappa shape index (κ3) is 6.23. The largest absolute Gasteiger partial charge is 0.248 e. The third-order valence-corrected chi connectivity index (χ3v) is 4.18. The number of nitrogens with zero attached hydrogens (tertiary/aromatic N) is 4. The molecule has 0 atom stereocenters. The van der Waals surface area contributed by atoms with Crippen molar-refractivity contribution in [1.29, 1.82) is 10.5 Å². The van der Waals surface area contributed by atoms with Gasteiger partial charge in [-0.3, -0.25) is 0 Å². The van der Waals surface area contributed by atoms with Crippen molar-refractivity contribution < 1.29 is 0 Å². The number of alkyl halides is 1. The Morgan fingerprint density at radius 1 is 1.00 bits per heavy atom. The number of pyridine rings is 2. The summed E-state index contributed by atoms with van der Waals surface area (Å²) in [6, 6.07) is 7.65. The minimum Gasteiger partial charge on any atom is -0.248 e. The van der Waals surface area contributed by atoms with E-state index in [2.05, 4.69) is 57.8 Å². The summed E-state index contributed by atoms with van der Waals surface area (Å²) in [5.74, 6) is 0. The van der Waals surface area contributed by atoms with Crippen molar-refractivity contribution in [3.63, 3.8) is 0 Å². The van der Waals surface area contributed by atoms with E-state index in [1.165, 1.54) is 0 Å². The van der Waals surface area contributed by atoms with Crippen LogP contribution in [0.2, 0.25) is 0 Å². The van der Waals surface area contributed by atoms with Gasteiger partial charge in [0.25, 0.3) is 0 Å². The van der Waals surface area contributed by atoms with Crippen molar-refractivity contribution in [1.82, 2.24) is 9.97 Å². The monoisotopic (exact) mass is 486 g/mol. The van der Waals surface area contributed by atoms with Crippen LogP contribution < -0.4 is 0 Å². The van der Waals surface area contributed by atoms with Crippen molar-refractivity contribution in [2.24, 2.45) is 0 Å². The van der Waals surface area contributed by atoms with Gasteiger partial charge >= 0.3 is 0 Å². The average Bonchev–Trinajstić information content (AvgIpc) is 2.51. The van der Waals surface area contributed by atoms with E-state index in [1.807, 2.05) is 19.1 Å². The van der Waals surface area contributed by atoms with Gasteiger partial charge in [0.1, 0.15) is 21.3 Å². The molecule has 0 bridgehead atoms. The molecule has 2 aromatic rings. The zero-order valence-electron chi connectivity index (χ0n) is 10.9. The third-order valence-electron chi connectivity index (χ3n) is 2.27. The summed E-state index contributed by atoms with van der Waals surface area (Å²) in [6.45, 7) is 1.90. The molecule has 0 aromatic carbocycles. The molecule has 0 aliphatic heterocycles. The molecule has 2 heterocycles. The minimum absolute atomic E-state index is 0. The predicted molar refractivity (Wildman–Crippen MR) is 97.4 cm³/mol. The standard InChI is InChI=1S/C7H4Br2N2.C7H5BrN2.CH4/c8-2-5-1-6(3-10)7(9)11-4-5;1-5-2-6(3-9)7(8)10-4-5;/h1,4H,2H2;2,4H,1H3;1H4. The number of hydrogen-bond donors (Lipinski definition) is 0. The second kappa shape index (κ2) is 10.4. The van der Waals surface area contributed by atoms with Crippen molar-refractivity contribution >= 4 is 47.8 Å². The van der Waals surface area contributed by atoms with Gasteiger partial charge in [0.15, 0.2) is 0 Å². The van der Waals surface area contributed by atoms with Crippen molar-refractivity contribution in [3.05, 3.63) is 56.0 Å². The highest BCUT2D eigenvalue weighted by Crippen LogP contribution is 2.15. The maximum atomic E-state index is 8.60. The van der Waals surface area contributed by atoms with E-state index in [4.69, 9.17) is 10.5 Å². The van der Waals surface area contributed by atoms with E-state index < -0.39 is 0 Å². The Bertz CT molecular complexity index is 718. The lowest BCUT2D eigenvalue weighted by Crippen LogP contribution is -1.86. The van der Waals surface area contributed by atoms with Gasteiger partial charge in [-0.2, -0.15) is 10.5 Å². The Kier molecular flexibility index (Phi) is 9.84. The van der Waals surface area contributed by atoms with E-state index in [9.17, 15) is 0 Å². The topological polar surface area (TPSA) is 73.4 Å². The second-order valence-corrected chi connectivity index (χ2v) is 5.95. The summed E-state index contributed by atoms with van der Waals surface area (Å²) in [7, 11) is 0. The number of aryl methyl sites for hydroxylation is 1. The Labute approximate surface area is 155 Å². The maximum absolute atomic E-state index is 8.60. The van der Waals surface area contributed by atoms with E-state index >= 15 is 0 Å². The van der Waals surface area contributed by atoms with Gasteiger partial charge in [-0.1, -0.05) is 23.4 Å². The summed E-state index contributed by atoms with van der Waals surface area (Å²) >= 11 is 9.61. The first-order valence-electron chi connectivity index (χ1n) is 5.64. The fraction of sp³-hybridized carbons (Fsp3) is 0.200. The molecule has 0 fully saturated rings. The molecule has 2 aromatic heterocycles. The molecule has 4 nitrogen and oxygen atoms in total. The number of rotatable bonds is 1. The van der Waals surface area contributed by atoms with Crippen molar-refractivity contribution in [2.45, 2.75) is 19.7 Å². The fourth-order valence-electron chi connectivity index (χ4n) is 1.27. The van der Waals surface area contributed by atoms with Crippen LogP contribution in [0.3, 0.4) is 0 Å². The summed E-state index contributed by atoms with van der Waals surface area (Å²) < 4.78 is 1.21. The molecule has 114 valence electrons. The second-order valence-electron chi connectivity index (χ2n) is 3.89. The van der Waals surface area contributed by atoms with Crippen LogP contribution in [0.1, 0.15) is 29.7 Å². The first-order valence-corrected chi connectivity index (χ1v) is 8.35. The highest BCUT2D eigenvalue weighted by Gasteiger charge is 2.00. The highest BCUT2D eigenvalue weighted by atomic mass is 79.9. The molecule has 0 N–H and O–H groups in total. The molecule has 22 heavy (non-hydrogen) atoms. The van der Waals surface area contributed by atoms with Crippen LogP contribution in [0.5, 0.6) is 0 Å². The van der Waals surface area contributed by atoms with Gasteiger partial charge in [-0.25, -0.2) is 9.97 Å². The van der Waals surface area contributed by atoms with Gasteiger partial charge in [0.2, 0.25) is 0 Å². The molecule has 0 amide bonds. The summed E-state index contributed by atoms with van der Waals surface area (Å²) in [6.07, 6.45) is 3.44. The van der Waals surface area contributed by atoms with Gasteiger partial charge in [-0.15, -0.1) is 0 Å². The number of aromatic nitrogens is 2. The summed E-state index contributed by atoms with van der Waals surface area (Å²) in [5, 5.41) is 17.9. The SMILES string of the molecule is C.Cc1cnc(Br)c(C#N)c1.N#Cc1cc(CBr)cnc1Br. The number of halogens is 3. The van der Waals surface area contributed by atoms with E-state index in [-0.39, 0.29) is 7.43 Å². The molecule has 0 unspecified atom stereocenters. The van der Waals surface area contributed by atoms with Crippen LogP contribution in [0.25, 0.3) is 0 Å². The van der Waals surface area contributed by atoms with E-state index in [0.29, 0.717) is 20.3 Å². The number of nitriles is 2. The van der Waals surface area contributed by atoms with Crippen LogP contribution in [-0.4, -0.2) is 9.97 Å². The van der Waals surface area contributed by atoms with Crippen LogP contribution in [-0.2, 0) is 5.33 Å². The predicted octanol–water partition coefficient (Wildman–Crippen LogP) is 5.27. The van der Waals surface area contributed by atoms with Gasteiger partial charge < -0.3 is 0 Å². The van der Waals surface area contributed by atoms with Crippen LogP contribution in [0.15, 0.2) is 33.7 Å². The highest BCUT2D eigenvalue weighted by molar-refractivity contribution is 9.10. The normalized spacial score (nSPS) is 8.64. The Morgan fingerprint density at radius 3 is 1.95 bits per heavy atom. The lowest BCUT2D eigenvalue weighted by Gasteiger charge is -1.96. The maximum Gasteiger partial charge on any atom is 0.123 e. The molecule has 0 spiro atoms. The molecule has 2 rings (SSSR count). The van der Waals surface area contributed by atoms with Crippen molar-refractivity contribution in [2.75, 3.05) is 0 Å². The molecule has 0 saturated carbocycles. The minimum atomic E-state index is 0. The molecule has 7 heteroatoms. The van der Waals surface area contributed by atoms with Crippen LogP contribution in [0.4, 0.5) is 0 Å². The zero-order chi connectivity index (χ0) is 15.8. The fourth-order valence-corrected chi connectivity index (χ4v) is 2.19. The number of hydrogen-bond acceptors (Lipinski definition) is 4. The van der Waals surface area contributed by atoms with Gasteiger partial charge in [0, 0.05) is 17.7 Å². The summed E-state index contributed by atoms with van der Waals surface area (Å²) in [4.78, 5) is 7.93.